The van der Waals surface area contributed by atoms with Crippen LogP contribution in [0.15, 0.2) is 18.2 Å². The van der Waals surface area contributed by atoms with Crippen LogP contribution < -0.4 is 10.6 Å². The predicted octanol–water partition coefficient (Wildman–Crippen LogP) is 1.97. The van der Waals surface area contributed by atoms with Gasteiger partial charge < -0.3 is 10.6 Å². The van der Waals surface area contributed by atoms with Crippen molar-refractivity contribution >= 4 is 5.91 Å². The maximum absolute atomic E-state index is 13.4. The molecule has 0 radical (unpaired) electrons. The zero-order valence-electron chi connectivity index (χ0n) is 10.9. The highest BCUT2D eigenvalue weighted by Crippen LogP contribution is 2.17. The molecule has 0 spiro atoms. The Bertz CT molecular complexity index is 465. The fraction of sp³-hybridized carbons (Fsp3) is 0.500. The molecule has 1 saturated heterocycles. The molecule has 0 aromatic heterocycles. The first-order chi connectivity index (χ1) is 9.08. The Morgan fingerprint density at radius 3 is 2.95 bits per heavy atom. The van der Waals surface area contributed by atoms with Crippen molar-refractivity contribution in [3.63, 3.8) is 0 Å². The molecule has 1 aliphatic rings. The van der Waals surface area contributed by atoms with Crippen LogP contribution >= 0.6 is 0 Å². The summed E-state index contributed by atoms with van der Waals surface area (Å²) in [6.07, 6.45) is 1.80. The third kappa shape index (κ3) is 3.50. The Morgan fingerprint density at radius 1 is 1.47 bits per heavy atom. The molecule has 2 rings (SSSR count). The molecule has 19 heavy (non-hydrogen) atoms. The minimum absolute atomic E-state index is 0.0802. The smallest absolute Gasteiger partial charge is 0.224 e. The minimum Gasteiger partial charge on any atom is -0.352 e. The molecule has 2 unspecified atom stereocenters. The van der Waals surface area contributed by atoms with Crippen molar-refractivity contribution in [2.45, 2.75) is 32.4 Å². The van der Waals surface area contributed by atoms with E-state index < -0.39 is 11.6 Å². The number of piperidine rings is 1. The Morgan fingerprint density at radius 2 is 2.26 bits per heavy atom. The number of benzene rings is 1. The van der Waals surface area contributed by atoms with Crippen LogP contribution in [-0.4, -0.2) is 18.5 Å². The number of hydrogen-bond acceptors (Lipinski definition) is 2. The molecule has 1 amide bonds. The van der Waals surface area contributed by atoms with Gasteiger partial charge in [-0.05, 0) is 32.4 Å². The molecule has 2 atom stereocenters. The van der Waals surface area contributed by atoms with Crippen LogP contribution in [0.5, 0.6) is 0 Å². The van der Waals surface area contributed by atoms with Gasteiger partial charge in [0.25, 0.3) is 0 Å². The summed E-state index contributed by atoms with van der Waals surface area (Å²) in [6, 6.07) is 3.50. The Labute approximate surface area is 111 Å². The lowest BCUT2D eigenvalue weighted by Crippen LogP contribution is -2.46. The van der Waals surface area contributed by atoms with E-state index in [1.54, 1.807) is 0 Å². The summed E-state index contributed by atoms with van der Waals surface area (Å²) >= 11 is 0. The average Bonchev–Trinajstić information content (AvgIpc) is 2.38. The second-order valence-corrected chi connectivity index (χ2v) is 4.95. The molecule has 5 heteroatoms. The number of carbonyl (C=O) groups is 1. The molecule has 1 fully saturated rings. The number of rotatable bonds is 3. The standard InChI is InChI=1S/C14H18F2N2O/c1-9-12(3-2-6-17-9)14(19)18-8-10-4-5-11(15)7-13(10)16/h4-5,7,9,12,17H,2-3,6,8H2,1H3,(H,18,19). The highest BCUT2D eigenvalue weighted by atomic mass is 19.1. The van der Waals surface area contributed by atoms with Crippen molar-refractivity contribution in [2.24, 2.45) is 5.92 Å². The van der Waals surface area contributed by atoms with Gasteiger partial charge in [0.2, 0.25) is 5.91 Å². The van der Waals surface area contributed by atoms with Crippen LogP contribution in [-0.2, 0) is 11.3 Å². The normalized spacial score (nSPS) is 23.1. The van der Waals surface area contributed by atoms with Crippen LogP contribution in [0.25, 0.3) is 0 Å². The summed E-state index contributed by atoms with van der Waals surface area (Å²) < 4.78 is 26.2. The van der Waals surface area contributed by atoms with Gasteiger partial charge in [-0.15, -0.1) is 0 Å². The van der Waals surface area contributed by atoms with Gasteiger partial charge >= 0.3 is 0 Å². The number of amides is 1. The molecular weight excluding hydrogens is 250 g/mol. The first kappa shape index (κ1) is 13.9. The van der Waals surface area contributed by atoms with Gasteiger partial charge in [-0.2, -0.15) is 0 Å². The topological polar surface area (TPSA) is 41.1 Å². The van der Waals surface area contributed by atoms with Crippen molar-refractivity contribution in [3.8, 4) is 0 Å². The average molecular weight is 268 g/mol. The number of carbonyl (C=O) groups excluding carboxylic acids is 1. The highest BCUT2D eigenvalue weighted by Gasteiger charge is 2.27. The number of hydrogen-bond donors (Lipinski definition) is 2. The van der Waals surface area contributed by atoms with Gasteiger partial charge in [-0.1, -0.05) is 6.07 Å². The van der Waals surface area contributed by atoms with E-state index in [9.17, 15) is 13.6 Å². The van der Waals surface area contributed by atoms with Gasteiger partial charge in [0.15, 0.2) is 0 Å². The first-order valence-corrected chi connectivity index (χ1v) is 6.53. The fourth-order valence-electron chi connectivity index (χ4n) is 2.38. The van der Waals surface area contributed by atoms with Crippen LogP contribution in [0, 0.1) is 17.6 Å². The Hall–Kier alpha value is -1.49. The SMILES string of the molecule is CC1NCCCC1C(=O)NCc1ccc(F)cc1F. The summed E-state index contributed by atoms with van der Waals surface area (Å²) in [5.74, 6) is -1.41. The van der Waals surface area contributed by atoms with Crippen molar-refractivity contribution in [1.82, 2.24) is 10.6 Å². The van der Waals surface area contributed by atoms with Crippen molar-refractivity contribution in [2.75, 3.05) is 6.54 Å². The van der Waals surface area contributed by atoms with Crippen LogP contribution in [0.3, 0.4) is 0 Å². The molecule has 1 heterocycles. The predicted molar refractivity (Wildman–Crippen MR) is 68.4 cm³/mol. The quantitative estimate of drug-likeness (QED) is 0.880. The fourth-order valence-corrected chi connectivity index (χ4v) is 2.38. The minimum atomic E-state index is -0.630. The van der Waals surface area contributed by atoms with Crippen molar-refractivity contribution in [3.05, 3.63) is 35.4 Å². The van der Waals surface area contributed by atoms with E-state index in [0.29, 0.717) is 5.56 Å². The molecule has 104 valence electrons. The first-order valence-electron chi connectivity index (χ1n) is 6.53. The van der Waals surface area contributed by atoms with Crippen LogP contribution in [0.1, 0.15) is 25.3 Å². The van der Waals surface area contributed by atoms with E-state index in [1.165, 1.54) is 12.1 Å². The maximum atomic E-state index is 13.4. The molecule has 2 N–H and O–H groups in total. The largest absolute Gasteiger partial charge is 0.352 e. The zero-order chi connectivity index (χ0) is 13.8. The van der Waals surface area contributed by atoms with Gasteiger partial charge in [0.05, 0.1) is 5.92 Å². The van der Waals surface area contributed by atoms with E-state index in [4.69, 9.17) is 0 Å². The molecule has 1 aromatic carbocycles. The van der Waals surface area contributed by atoms with E-state index >= 15 is 0 Å². The van der Waals surface area contributed by atoms with E-state index in [0.717, 1.165) is 25.5 Å². The number of nitrogens with one attached hydrogen (secondary N) is 2. The lowest BCUT2D eigenvalue weighted by atomic mass is 9.91. The lowest BCUT2D eigenvalue weighted by Gasteiger charge is -2.28. The maximum Gasteiger partial charge on any atom is 0.224 e. The summed E-state index contributed by atoms with van der Waals surface area (Å²) in [6.45, 7) is 2.99. The third-order valence-electron chi connectivity index (χ3n) is 3.57. The molecule has 0 bridgehead atoms. The molecule has 1 aliphatic heterocycles. The van der Waals surface area contributed by atoms with Gasteiger partial charge in [0.1, 0.15) is 11.6 Å². The molecule has 0 saturated carbocycles. The zero-order valence-corrected chi connectivity index (χ0v) is 10.9. The third-order valence-corrected chi connectivity index (χ3v) is 3.57. The van der Waals surface area contributed by atoms with Crippen LogP contribution in [0.2, 0.25) is 0 Å². The van der Waals surface area contributed by atoms with Crippen LogP contribution in [0.4, 0.5) is 8.78 Å². The monoisotopic (exact) mass is 268 g/mol. The van der Waals surface area contributed by atoms with Crippen molar-refractivity contribution in [1.29, 1.82) is 0 Å². The molecule has 3 nitrogen and oxygen atoms in total. The summed E-state index contributed by atoms with van der Waals surface area (Å²) in [7, 11) is 0. The van der Waals surface area contributed by atoms with E-state index in [2.05, 4.69) is 10.6 Å². The van der Waals surface area contributed by atoms with Gasteiger partial charge in [-0.3, -0.25) is 4.79 Å². The summed E-state index contributed by atoms with van der Waals surface area (Å²) in [5.41, 5.74) is 0.297. The van der Waals surface area contributed by atoms with E-state index in [-0.39, 0.29) is 24.4 Å². The summed E-state index contributed by atoms with van der Waals surface area (Å²) in [4.78, 5) is 12.0. The van der Waals surface area contributed by atoms with Gasteiger partial charge in [-0.25, -0.2) is 8.78 Å². The Kier molecular flexibility index (Phi) is 4.47. The van der Waals surface area contributed by atoms with Crippen molar-refractivity contribution < 1.29 is 13.6 Å². The second kappa shape index (κ2) is 6.10. The molecule has 0 aliphatic carbocycles. The molecule has 1 aromatic rings. The van der Waals surface area contributed by atoms with Gasteiger partial charge in [0, 0.05) is 24.2 Å². The second-order valence-electron chi connectivity index (χ2n) is 4.95. The molecular formula is C14H18F2N2O. The highest BCUT2D eigenvalue weighted by molar-refractivity contribution is 5.79. The Balaban J connectivity index is 1.92. The number of halogens is 2. The lowest BCUT2D eigenvalue weighted by molar-refractivity contribution is -0.126. The summed E-state index contributed by atoms with van der Waals surface area (Å²) in [5, 5.41) is 5.96. The van der Waals surface area contributed by atoms with E-state index in [1.807, 2.05) is 6.92 Å².